The fourth-order valence-electron chi connectivity index (χ4n) is 3.95. The van der Waals surface area contributed by atoms with Crippen molar-refractivity contribution in [3.63, 3.8) is 0 Å². The molecule has 2 aromatic rings. The maximum atomic E-state index is 12.9. The molecule has 1 saturated heterocycles. The number of rotatable bonds is 13. The molecule has 12 heteroatoms. The molecule has 10 nitrogen and oxygen atoms in total. The number of ether oxygens (including phenoxy) is 4. The Morgan fingerprint density at radius 2 is 1.61 bits per heavy atom. The number of guanidine groups is 1. The predicted octanol–water partition coefficient (Wildman–Crippen LogP) is 2.37. The molecule has 0 aromatic heterocycles. The van der Waals surface area contributed by atoms with Gasteiger partial charge in [0.2, 0.25) is 5.91 Å². The predicted molar refractivity (Wildman–Crippen MR) is 145 cm³/mol. The number of carbonyl (C=O) groups is 1. The Bertz CT molecular complexity index is 1040. The molecule has 1 heterocycles. The zero-order valence-electron chi connectivity index (χ0n) is 21.1. The van der Waals surface area contributed by atoms with Crippen molar-refractivity contribution in [1.29, 1.82) is 0 Å². The summed E-state index contributed by atoms with van der Waals surface area (Å²) < 4.78 is 23.6. The standard InChI is InChI=1S/C26H34Cl2N4O6/c1-35-15-20-23(34)24(36-13-16-4-8-18(27)9-5-16)22(32-21(33)3-2-12-31-26(29)30)25(38-20)37-14-17-6-10-19(28)11-7-17/h4-11,20,22-25,34H,2-3,12-15H2,1H3,(H,32,33)(H4,29,30,31)/t20-,22-,23-,24+,25?/m1/s1. The van der Waals surface area contributed by atoms with Gasteiger partial charge in [0.05, 0.1) is 19.8 Å². The van der Waals surface area contributed by atoms with Gasteiger partial charge in [0.1, 0.15) is 24.4 Å². The van der Waals surface area contributed by atoms with Crippen molar-refractivity contribution in [3.05, 3.63) is 69.7 Å². The third-order valence-electron chi connectivity index (χ3n) is 5.87. The second-order valence-electron chi connectivity index (χ2n) is 8.83. The molecule has 0 aliphatic carbocycles. The lowest BCUT2D eigenvalue weighted by Crippen LogP contribution is -2.65. The van der Waals surface area contributed by atoms with Crippen molar-refractivity contribution in [2.45, 2.75) is 56.7 Å². The van der Waals surface area contributed by atoms with E-state index in [1.165, 1.54) is 7.11 Å². The molecule has 5 atom stereocenters. The van der Waals surface area contributed by atoms with Crippen molar-refractivity contribution >= 4 is 35.1 Å². The van der Waals surface area contributed by atoms with Crippen LogP contribution in [0.5, 0.6) is 0 Å². The van der Waals surface area contributed by atoms with Gasteiger partial charge in [0, 0.05) is 30.1 Å². The molecule has 1 aliphatic heterocycles. The highest BCUT2D eigenvalue weighted by molar-refractivity contribution is 6.30. The Kier molecular flexibility index (Phi) is 12.1. The van der Waals surface area contributed by atoms with Gasteiger partial charge in [0.25, 0.3) is 0 Å². The molecule has 0 bridgehead atoms. The van der Waals surface area contributed by atoms with E-state index in [1.54, 1.807) is 24.3 Å². The quantitative estimate of drug-likeness (QED) is 0.163. The molecule has 0 radical (unpaired) electrons. The minimum Gasteiger partial charge on any atom is -0.388 e. The first kappa shape index (κ1) is 30.1. The molecule has 38 heavy (non-hydrogen) atoms. The summed E-state index contributed by atoms with van der Waals surface area (Å²) in [6.45, 7) is 0.752. The van der Waals surface area contributed by atoms with Crippen LogP contribution in [0, 0.1) is 0 Å². The van der Waals surface area contributed by atoms with Crippen LogP contribution in [0.4, 0.5) is 0 Å². The topological polar surface area (TPSA) is 151 Å². The van der Waals surface area contributed by atoms with E-state index >= 15 is 0 Å². The summed E-state index contributed by atoms with van der Waals surface area (Å²) in [6.07, 6.45) is -3.08. The number of hydrogen-bond acceptors (Lipinski definition) is 7. The van der Waals surface area contributed by atoms with Gasteiger partial charge in [-0.05, 0) is 41.8 Å². The van der Waals surface area contributed by atoms with Gasteiger partial charge in [-0.25, -0.2) is 0 Å². The van der Waals surface area contributed by atoms with Crippen LogP contribution in [0.2, 0.25) is 10.0 Å². The summed E-state index contributed by atoms with van der Waals surface area (Å²) >= 11 is 12.0. The van der Waals surface area contributed by atoms with Gasteiger partial charge in [-0.1, -0.05) is 47.5 Å². The number of hydrogen-bond donors (Lipinski definition) is 4. The Hall–Kier alpha value is -2.44. The molecule has 2 aromatic carbocycles. The zero-order valence-corrected chi connectivity index (χ0v) is 22.6. The number of nitrogens with two attached hydrogens (primary N) is 2. The van der Waals surface area contributed by atoms with Gasteiger partial charge in [-0.2, -0.15) is 0 Å². The van der Waals surface area contributed by atoms with Crippen molar-refractivity contribution in [1.82, 2.24) is 5.32 Å². The van der Waals surface area contributed by atoms with Crippen molar-refractivity contribution in [2.24, 2.45) is 16.5 Å². The van der Waals surface area contributed by atoms with Crippen LogP contribution < -0.4 is 16.8 Å². The average Bonchev–Trinajstić information content (AvgIpc) is 2.89. The van der Waals surface area contributed by atoms with Crippen LogP contribution in [0.1, 0.15) is 24.0 Å². The maximum Gasteiger partial charge on any atom is 0.220 e. The van der Waals surface area contributed by atoms with Crippen LogP contribution in [-0.4, -0.2) is 67.9 Å². The highest BCUT2D eigenvalue weighted by Gasteiger charge is 2.47. The van der Waals surface area contributed by atoms with Gasteiger partial charge in [-0.15, -0.1) is 0 Å². The normalized spacial score (nSPS) is 23.1. The van der Waals surface area contributed by atoms with E-state index in [4.69, 9.17) is 53.6 Å². The Balaban J connectivity index is 1.78. The summed E-state index contributed by atoms with van der Waals surface area (Å²) in [6, 6.07) is 13.5. The highest BCUT2D eigenvalue weighted by Crippen LogP contribution is 2.27. The molecule has 208 valence electrons. The summed E-state index contributed by atoms with van der Waals surface area (Å²) in [5.74, 6) is -0.327. The number of aliphatic hydroxyl groups excluding tert-OH is 1. The van der Waals surface area contributed by atoms with Crippen molar-refractivity contribution < 1.29 is 28.8 Å². The van der Waals surface area contributed by atoms with E-state index in [1.807, 2.05) is 24.3 Å². The molecule has 0 saturated carbocycles. The number of nitrogens with zero attached hydrogens (tertiary/aromatic N) is 1. The van der Waals surface area contributed by atoms with Gasteiger partial charge < -0.3 is 40.8 Å². The largest absolute Gasteiger partial charge is 0.388 e. The maximum absolute atomic E-state index is 12.9. The highest BCUT2D eigenvalue weighted by atomic mass is 35.5. The first-order chi connectivity index (χ1) is 18.3. The number of benzene rings is 2. The minimum atomic E-state index is -1.11. The SMILES string of the molecule is COC[C@H]1OC(OCc2ccc(Cl)cc2)[C@H](NC(=O)CCCN=C(N)N)[C@H](OCc2ccc(Cl)cc2)[C@@H]1O. The van der Waals surface area contributed by atoms with E-state index in [-0.39, 0.29) is 38.1 Å². The number of halogens is 2. The lowest BCUT2D eigenvalue weighted by atomic mass is 9.96. The van der Waals surface area contributed by atoms with Crippen LogP contribution in [-0.2, 0) is 37.0 Å². The van der Waals surface area contributed by atoms with Crippen LogP contribution in [0.3, 0.4) is 0 Å². The number of aliphatic imine (C=N–C) groups is 1. The Morgan fingerprint density at radius 3 is 2.16 bits per heavy atom. The number of methoxy groups -OCH3 is 1. The molecule has 6 N–H and O–H groups in total. The molecular weight excluding hydrogens is 535 g/mol. The summed E-state index contributed by atoms with van der Waals surface area (Å²) in [4.78, 5) is 16.8. The smallest absolute Gasteiger partial charge is 0.220 e. The fraction of sp³-hybridized carbons (Fsp3) is 0.462. The summed E-state index contributed by atoms with van der Waals surface area (Å²) in [5.41, 5.74) is 12.4. The lowest BCUT2D eigenvalue weighted by Gasteiger charge is -2.44. The molecule has 1 unspecified atom stereocenters. The van der Waals surface area contributed by atoms with Crippen LogP contribution in [0.15, 0.2) is 53.5 Å². The number of carbonyl (C=O) groups excluding carboxylic acids is 1. The van der Waals surface area contributed by atoms with E-state index in [0.717, 1.165) is 11.1 Å². The molecule has 1 fully saturated rings. The van der Waals surface area contributed by atoms with E-state index in [9.17, 15) is 9.90 Å². The molecule has 1 amide bonds. The second-order valence-corrected chi connectivity index (χ2v) is 9.70. The van der Waals surface area contributed by atoms with Gasteiger partial charge in [-0.3, -0.25) is 9.79 Å². The third-order valence-corrected chi connectivity index (χ3v) is 6.38. The monoisotopic (exact) mass is 568 g/mol. The third kappa shape index (κ3) is 9.39. The second kappa shape index (κ2) is 15.2. The lowest BCUT2D eigenvalue weighted by molar-refractivity contribution is -0.282. The average molecular weight is 569 g/mol. The Morgan fingerprint density at radius 1 is 1.03 bits per heavy atom. The van der Waals surface area contributed by atoms with E-state index in [0.29, 0.717) is 23.0 Å². The molecule has 3 rings (SSSR count). The number of amides is 1. The van der Waals surface area contributed by atoms with Crippen molar-refractivity contribution in [2.75, 3.05) is 20.3 Å². The zero-order chi connectivity index (χ0) is 27.5. The van der Waals surface area contributed by atoms with Gasteiger partial charge in [0.15, 0.2) is 12.2 Å². The first-order valence-electron chi connectivity index (χ1n) is 12.2. The van der Waals surface area contributed by atoms with Crippen molar-refractivity contribution in [3.8, 4) is 0 Å². The number of aliphatic hydroxyl groups is 1. The van der Waals surface area contributed by atoms with Crippen LogP contribution >= 0.6 is 23.2 Å². The first-order valence-corrected chi connectivity index (χ1v) is 12.9. The summed E-state index contributed by atoms with van der Waals surface area (Å²) in [7, 11) is 1.51. The molecule has 1 aliphatic rings. The molecule has 0 spiro atoms. The number of nitrogens with one attached hydrogen (secondary N) is 1. The fourth-order valence-corrected chi connectivity index (χ4v) is 4.20. The van der Waals surface area contributed by atoms with E-state index < -0.39 is 30.6 Å². The van der Waals surface area contributed by atoms with E-state index in [2.05, 4.69) is 10.3 Å². The Labute approximate surface area is 232 Å². The molecular formula is C26H34Cl2N4O6. The minimum absolute atomic E-state index is 0.0373. The van der Waals surface area contributed by atoms with Gasteiger partial charge >= 0.3 is 0 Å². The van der Waals surface area contributed by atoms with Crippen LogP contribution in [0.25, 0.3) is 0 Å². The summed E-state index contributed by atoms with van der Waals surface area (Å²) in [5, 5.41) is 15.3.